The summed E-state index contributed by atoms with van der Waals surface area (Å²) in [5, 5.41) is 16.4. The average molecular weight is 342 g/mol. The Hall–Kier alpha value is -2.97. The predicted octanol–water partition coefficient (Wildman–Crippen LogP) is 0.825. The summed E-state index contributed by atoms with van der Waals surface area (Å²) in [5.74, 6) is -0.559. The standard InChI is InChI=1S/C16H18N6O3/c1-21-12(4-5-19-21)15-10(6-14(23)22(15)9-2-3-9)20-13-8-17-11(7-18-13)16(24)25/h4-5,7-10,15H,2-3,6H2,1H3,(H,18,20)(H,24,25)/t10-,15-/m1/s1. The molecule has 25 heavy (non-hydrogen) atoms. The van der Waals surface area contributed by atoms with E-state index in [1.165, 1.54) is 12.4 Å². The van der Waals surface area contributed by atoms with Gasteiger partial charge in [0, 0.05) is 25.7 Å². The summed E-state index contributed by atoms with van der Waals surface area (Å²) in [6.45, 7) is 0. The molecule has 2 atom stereocenters. The quantitative estimate of drug-likeness (QED) is 0.827. The molecule has 0 unspecified atom stereocenters. The minimum atomic E-state index is -1.12. The lowest BCUT2D eigenvalue weighted by atomic mass is 10.1. The largest absolute Gasteiger partial charge is 0.476 e. The van der Waals surface area contributed by atoms with Crippen molar-refractivity contribution in [2.24, 2.45) is 7.05 Å². The van der Waals surface area contributed by atoms with Gasteiger partial charge in [-0.05, 0) is 18.9 Å². The van der Waals surface area contributed by atoms with Gasteiger partial charge in [0.05, 0.1) is 30.2 Å². The highest BCUT2D eigenvalue weighted by molar-refractivity contribution is 5.85. The molecule has 1 saturated carbocycles. The molecule has 0 aromatic carbocycles. The molecule has 2 aliphatic rings. The number of hydrogen-bond donors (Lipinski definition) is 2. The molecule has 130 valence electrons. The Kier molecular flexibility index (Phi) is 3.63. The van der Waals surface area contributed by atoms with Crippen molar-refractivity contribution in [2.45, 2.75) is 37.4 Å². The van der Waals surface area contributed by atoms with Crippen LogP contribution < -0.4 is 5.32 Å². The van der Waals surface area contributed by atoms with Crippen LogP contribution in [0, 0.1) is 0 Å². The number of aromatic nitrogens is 4. The number of anilines is 1. The second-order valence-corrected chi connectivity index (χ2v) is 6.40. The second-order valence-electron chi connectivity index (χ2n) is 6.40. The molecule has 0 radical (unpaired) electrons. The van der Waals surface area contributed by atoms with Gasteiger partial charge in [-0.25, -0.2) is 14.8 Å². The average Bonchev–Trinajstić information content (AvgIpc) is 3.25. The van der Waals surface area contributed by atoms with Gasteiger partial charge in [-0.3, -0.25) is 9.48 Å². The number of carboxylic acids is 1. The lowest BCUT2D eigenvalue weighted by molar-refractivity contribution is -0.129. The van der Waals surface area contributed by atoms with Gasteiger partial charge in [-0.1, -0.05) is 0 Å². The Morgan fingerprint density at radius 2 is 2.12 bits per heavy atom. The van der Waals surface area contributed by atoms with Gasteiger partial charge in [0.1, 0.15) is 5.82 Å². The van der Waals surface area contributed by atoms with Gasteiger partial charge in [-0.15, -0.1) is 0 Å². The number of aryl methyl sites for hydroxylation is 1. The van der Waals surface area contributed by atoms with E-state index in [2.05, 4.69) is 20.4 Å². The summed E-state index contributed by atoms with van der Waals surface area (Å²) < 4.78 is 1.78. The normalized spacial score (nSPS) is 23.1. The minimum absolute atomic E-state index is 0.112. The molecule has 9 nitrogen and oxygen atoms in total. The van der Waals surface area contributed by atoms with E-state index < -0.39 is 5.97 Å². The summed E-state index contributed by atoms with van der Waals surface area (Å²) in [5.41, 5.74) is 0.848. The fourth-order valence-electron chi connectivity index (χ4n) is 3.39. The molecule has 3 heterocycles. The smallest absolute Gasteiger partial charge is 0.356 e. The van der Waals surface area contributed by atoms with Crippen molar-refractivity contribution < 1.29 is 14.7 Å². The van der Waals surface area contributed by atoms with Crippen molar-refractivity contribution in [1.29, 1.82) is 0 Å². The van der Waals surface area contributed by atoms with Crippen LogP contribution in [-0.2, 0) is 11.8 Å². The number of amides is 1. The summed E-state index contributed by atoms with van der Waals surface area (Å²) >= 11 is 0. The van der Waals surface area contributed by atoms with Gasteiger partial charge < -0.3 is 15.3 Å². The van der Waals surface area contributed by atoms with Gasteiger partial charge >= 0.3 is 5.97 Å². The number of likely N-dealkylation sites (tertiary alicyclic amines) is 1. The Balaban J connectivity index is 1.61. The van der Waals surface area contributed by atoms with Crippen LogP contribution in [0.15, 0.2) is 24.7 Å². The Morgan fingerprint density at radius 1 is 1.32 bits per heavy atom. The van der Waals surface area contributed by atoms with E-state index in [-0.39, 0.29) is 23.7 Å². The van der Waals surface area contributed by atoms with E-state index >= 15 is 0 Å². The summed E-state index contributed by atoms with van der Waals surface area (Å²) in [6, 6.07) is 1.91. The maximum Gasteiger partial charge on any atom is 0.356 e. The molecule has 2 aromatic rings. The third-order valence-corrected chi connectivity index (χ3v) is 4.67. The first-order valence-corrected chi connectivity index (χ1v) is 8.15. The first-order chi connectivity index (χ1) is 12.0. The van der Waals surface area contributed by atoms with Crippen molar-refractivity contribution in [3.8, 4) is 0 Å². The highest BCUT2D eigenvalue weighted by atomic mass is 16.4. The summed E-state index contributed by atoms with van der Waals surface area (Å²) in [6.07, 6.45) is 6.73. The predicted molar refractivity (Wildman–Crippen MR) is 86.8 cm³/mol. The van der Waals surface area contributed by atoms with Gasteiger partial charge in [0.25, 0.3) is 0 Å². The molecule has 1 aliphatic carbocycles. The number of nitrogens with zero attached hydrogens (tertiary/aromatic N) is 5. The van der Waals surface area contributed by atoms with Crippen molar-refractivity contribution in [1.82, 2.24) is 24.6 Å². The fourth-order valence-corrected chi connectivity index (χ4v) is 3.39. The molecule has 4 rings (SSSR count). The molecular weight excluding hydrogens is 324 g/mol. The van der Waals surface area contributed by atoms with Crippen LogP contribution in [0.4, 0.5) is 5.82 Å². The number of carbonyl (C=O) groups excluding carboxylic acids is 1. The van der Waals surface area contributed by atoms with Crippen LogP contribution in [0.5, 0.6) is 0 Å². The van der Waals surface area contributed by atoms with E-state index in [1.54, 1.807) is 10.9 Å². The van der Waals surface area contributed by atoms with Crippen molar-refractivity contribution in [3.63, 3.8) is 0 Å². The fraction of sp³-hybridized carbons (Fsp3) is 0.438. The molecular formula is C16H18N6O3. The number of carboxylic acid groups (broad SMARTS) is 1. The van der Waals surface area contributed by atoms with Crippen LogP contribution in [0.3, 0.4) is 0 Å². The van der Waals surface area contributed by atoms with Crippen LogP contribution in [0.2, 0.25) is 0 Å². The van der Waals surface area contributed by atoms with Crippen LogP contribution in [0.1, 0.15) is 41.5 Å². The van der Waals surface area contributed by atoms with Gasteiger partial charge in [0.2, 0.25) is 5.91 Å². The van der Waals surface area contributed by atoms with Gasteiger partial charge in [0.15, 0.2) is 5.69 Å². The third kappa shape index (κ3) is 2.81. The van der Waals surface area contributed by atoms with Crippen LogP contribution >= 0.6 is 0 Å². The van der Waals surface area contributed by atoms with Crippen molar-refractivity contribution in [2.75, 3.05) is 5.32 Å². The van der Waals surface area contributed by atoms with Crippen molar-refractivity contribution in [3.05, 3.63) is 36.0 Å². The molecule has 1 aliphatic heterocycles. The zero-order chi connectivity index (χ0) is 17.6. The third-order valence-electron chi connectivity index (χ3n) is 4.67. The number of hydrogen-bond acceptors (Lipinski definition) is 6. The number of carbonyl (C=O) groups is 2. The zero-order valence-electron chi connectivity index (χ0n) is 13.7. The zero-order valence-corrected chi connectivity index (χ0v) is 13.7. The molecule has 9 heteroatoms. The monoisotopic (exact) mass is 342 g/mol. The van der Waals surface area contributed by atoms with E-state index in [4.69, 9.17) is 5.11 Å². The second kappa shape index (κ2) is 5.83. The van der Waals surface area contributed by atoms with Crippen molar-refractivity contribution >= 4 is 17.7 Å². The molecule has 2 N–H and O–H groups in total. The summed E-state index contributed by atoms with van der Waals surface area (Å²) in [7, 11) is 1.86. The number of aromatic carboxylic acids is 1. The highest BCUT2D eigenvalue weighted by Crippen LogP contribution is 2.42. The molecule has 2 aromatic heterocycles. The molecule has 1 amide bonds. The maximum absolute atomic E-state index is 12.6. The molecule has 0 spiro atoms. The molecule has 0 bridgehead atoms. The topological polar surface area (TPSA) is 113 Å². The lowest BCUT2D eigenvalue weighted by Crippen LogP contribution is -2.35. The Morgan fingerprint density at radius 3 is 2.68 bits per heavy atom. The molecule has 2 fully saturated rings. The van der Waals surface area contributed by atoms with Crippen LogP contribution in [0.25, 0.3) is 0 Å². The van der Waals surface area contributed by atoms with E-state index in [1.807, 2.05) is 18.0 Å². The Bertz CT molecular complexity index is 814. The van der Waals surface area contributed by atoms with E-state index in [9.17, 15) is 9.59 Å². The Labute approximate surface area is 143 Å². The minimum Gasteiger partial charge on any atom is -0.476 e. The van der Waals surface area contributed by atoms with E-state index in [0.29, 0.717) is 18.3 Å². The maximum atomic E-state index is 12.6. The molecule has 1 saturated heterocycles. The van der Waals surface area contributed by atoms with E-state index in [0.717, 1.165) is 18.5 Å². The number of nitrogens with one attached hydrogen (secondary N) is 1. The van der Waals surface area contributed by atoms with Gasteiger partial charge in [-0.2, -0.15) is 5.10 Å². The SMILES string of the molecule is Cn1nccc1[C@H]1[C@H](Nc2cnc(C(=O)O)cn2)CC(=O)N1C1CC1. The lowest BCUT2D eigenvalue weighted by Gasteiger charge is -2.29. The summed E-state index contributed by atoms with van der Waals surface area (Å²) in [4.78, 5) is 33.4. The first kappa shape index (κ1) is 15.6. The van der Waals surface area contributed by atoms with Crippen LogP contribution in [-0.4, -0.2) is 53.7 Å². The highest BCUT2D eigenvalue weighted by Gasteiger charge is 2.48. The first-order valence-electron chi connectivity index (χ1n) is 8.15. The number of rotatable bonds is 5.